The predicted molar refractivity (Wildman–Crippen MR) is 90.1 cm³/mol. The van der Waals surface area contributed by atoms with E-state index >= 15 is 0 Å². The van der Waals surface area contributed by atoms with Crippen molar-refractivity contribution in [3.63, 3.8) is 0 Å². The lowest BCUT2D eigenvalue weighted by atomic mass is 10.1. The molecule has 1 N–H and O–H groups in total. The van der Waals surface area contributed by atoms with Crippen molar-refractivity contribution in [2.75, 3.05) is 5.32 Å². The second-order valence-corrected chi connectivity index (χ2v) is 5.48. The number of amides is 1. The van der Waals surface area contributed by atoms with Gasteiger partial charge in [0.1, 0.15) is 5.82 Å². The second kappa shape index (κ2) is 8.24. The van der Waals surface area contributed by atoms with Crippen LogP contribution in [-0.2, 0) is 27.2 Å². The van der Waals surface area contributed by atoms with Gasteiger partial charge in [0.15, 0.2) is 6.10 Å². The van der Waals surface area contributed by atoms with E-state index in [9.17, 15) is 14.0 Å². The van der Waals surface area contributed by atoms with E-state index in [2.05, 4.69) is 5.32 Å². The first-order chi connectivity index (χ1) is 11.5. The number of carbonyl (C=O) groups excluding carboxylic acids is 2. The van der Waals surface area contributed by atoms with Crippen molar-refractivity contribution in [3.8, 4) is 0 Å². The minimum Gasteiger partial charge on any atom is -0.452 e. The molecular weight excluding hydrogens is 309 g/mol. The van der Waals surface area contributed by atoms with Gasteiger partial charge in [-0.25, -0.2) is 4.39 Å². The lowest BCUT2D eigenvalue weighted by molar-refractivity contribution is -0.152. The number of nitrogens with one attached hydrogen (secondary N) is 1. The molecule has 0 aromatic heterocycles. The zero-order chi connectivity index (χ0) is 17.5. The largest absolute Gasteiger partial charge is 0.452 e. The number of aryl methyl sites for hydroxylation is 1. The molecular formula is C19H20FNO3. The van der Waals surface area contributed by atoms with Gasteiger partial charge in [-0.05, 0) is 48.7 Å². The van der Waals surface area contributed by atoms with E-state index in [-0.39, 0.29) is 6.42 Å². The fourth-order valence-electron chi connectivity index (χ4n) is 2.17. The van der Waals surface area contributed by atoms with Crippen LogP contribution in [0.25, 0.3) is 0 Å². The van der Waals surface area contributed by atoms with Crippen molar-refractivity contribution in [2.24, 2.45) is 0 Å². The van der Waals surface area contributed by atoms with Crippen LogP contribution in [0.2, 0.25) is 0 Å². The predicted octanol–water partition coefficient (Wildman–Crippen LogP) is 3.50. The number of hydrogen-bond acceptors (Lipinski definition) is 3. The third-order valence-electron chi connectivity index (χ3n) is 3.54. The molecule has 4 nitrogen and oxygen atoms in total. The molecule has 0 bridgehead atoms. The summed E-state index contributed by atoms with van der Waals surface area (Å²) in [6.07, 6.45) is -0.0972. The zero-order valence-corrected chi connectivity index (χ0v) is 13.7. The summed E-state index contributed by atoms with van der Waals surface area (Å²) in [6.45, 7) is 3.55. The summed E-state index contributed by atoms with van der Waals surface area (Å²) >= 11 is 0. The summed E-state index contributed by atoms with van der Waals surface area (Å²) in [5, 5.41) is 2.70. The Morgan fingerprint density at radius 3 is 2.46 bits per heavy atom. The number of anilines is 1. The SMILES string of the molecule is CCc1ccc(NC(=O)[C@H](C)OC(=O)Cc2cccc(F)c2)cc1. The summed E-state index contributed by atoms with van der Waals surface area (Å²) in [7, 11) is 0. The molecule has 1 atom stereocenters. The highest BCUT2D eigenvalue weighted by atomic mass is 19.1. The molecule has 0 saturated heterocycles. The quantitative estimate of drug-likeness (QED) is 0.825. The molecule has 0 spiro atoms. The second-order valence-electron chi connectivity index (χ2n) is 5.48. The molecule has 0 fully saturated rings. The third-order valence-corrected chi connectivity index (χ3v) is 3.54. The molecule has 0 aliphatic carbocycles. The van der Waals surface area contributed by atoms with E-state index in [0.717, 1.165) is 6.42 Å². The van der Waals surface area contributed by atoms with Gasteiger partial charge in [0.05, 0.1) is 6.42 Å². The van der Waals surface area contributed by atoms with Crippen LogP contribution in [0.4, 0.5) is 10.1 Å². The van der Waals surface area contributed by atoms with Crippen LogP contribution in [0.15, 0.2) is 48.5 Å². The number of benzene rings is 2. The maximum Gasteiger partial charge on any atom is 0.311 e. The molecule has 0 saturated carbocycles. The Labute approximate surface area is 140 Å². The van der Waals surface area contributed by atoms with Crippen LogP contribution >= 0.6 is 0 Å². The lowest BCUT2D eigenvalue weighted by Crippen LogP contribution is -2.30. The topological polar surface area (TPSA) is 55.4 Å². The van der Waals surface area contributed by atoms with Gasteiger partial charge in [0.2, 0.25) is 0 Å². The van der Waals surface area contributed by atoms with Crippen LogP contribution < -0.4 is 5.32 Å². The first-order valence-corrected chi connectivity index (χ1v) is 7.81. The lowest BCUT2D eigenvalue weighted by Gasteiger charge is -2.14. The Bertz CT molecular complexity index is 713. The molecule has 24 heavy (non-hydrogen) atoms. The van der Waals surface area contributed by atoms with Gasteiger partial charge in [-0.2, -0.15) is 0 Å². The maximum absolute atomic E-state index is 13.1. The zero-order valence-electron chi connectivity index (χ0n) is 13.7. The van der Waals surface area contributed by atoms with Gasteiger partial charge < -0.3 is 10.1 Å². The number of esters is 1. The standard InChI is InChI=1S/C19H20FNO3/c1-3-14-7-9-17(10-8-14)21-19(23)13(2)24-18(22)12-15-5-4-6-16(20)11-15/h4-11,13H,3,12H2,1-2H3,(H,21,23)/t13-/m0/s1. The first-order valence-electron chi connectivity index (χ1n) is 7.81. The van der Waals surface area contributed by atoms with Crippen molar-refractivity contribution in [1.82, 2.24) is 0 Å². The van der Waals surface area contributed by atoms with E-state index in [4.69, 9.17) is 4.74 Å². The highest BCUT2D eigenvalue weighted by molar-refractivity contribution is 5.95. The fourth-order valence-corrected chi connectivity index (χ4v) is 2.17. The third kappa shape index (κ3) is 5.19. The Balaban J connectivity index is 1.87. The van der Waals surface area contributed by atoms with E-state index in [0.29, 0.717) is 11.3 Å². The van der Waals surface area contributed by atoms with Crippen molar-refractivity contribution in [2.45, 2.75) is 32.8 Å². The fraction of sp³-hybridized carbons (Fsp3) is 0.263. The summed E-state index contributed by atoms with van der Waals surface area (Å²) in [4.78, 5) is 23.9. The minimum atomic E-state index is -0.933. The molecule has 2 rings (SSSR count). The Hall–Kier alpha value is -2.69. The van der Waals surface area contributed by atoms with E-state index in [1.54, 1.807) is 18.2 Å². The van der Waals surface area contributed by atoms with E-state index in [1.165, 1.54) is 30.7 Å². The molecule has 0 aliphatic heterocycles. The molecule has 0 heterocycles. The highest BCUT2D eigenvalue weighted by Crippen LogP contribution is 2.11. The smallest absolute Gasteiger partial charge is 0.311 e. The van der Waals surface area contributed by atoms with Gasteiger partial charge in [0.25, 0.3) is 5.91 Å². The molecule has 0 aliphatic rings. The summed E-state index contributed by atoms with van der Waals surface area (Å²) in [5.41, 5.74) is 2.32. The average molecular weight is 329 g/mol. The van der Waals surface area contributed by atoms with Crippen molar-refractivity contribution in [1.29, 1.82) is 0 Å². The van der Waals surface area contributed by atoms with Gasteiger partial charge in [-0.3, -0.25) is 9.59 Å². The monoisotopic (exact) mass is 329 g/mol. The van der Waals surface area contributed by atoms with Crippen LogP contribution in [0.3, 0.4) is 0 Å². The molecule has 5 heteroatoms. The number of carbonyl (C=O) groups is 2. The Kier molecular flexibility index (Phi) is 6.07. The van der Waals surface area contributed by atoms with E-state index < -0.39 is 23.8 Å². The molecule has 2 aromatic rings. The number of rotatable bonds is 6. The summed E-state index contributed by atoms with van der Waals surface area (Å²) < 4.78 is 18.2. The van der Waals surface area contributed by atoms with Crippen LogP contribution in [-0.4, -0.2) is 18.0 Å². The van der Waals surface area contributed by atoms with Gasteiger partial charge in [0, 0.05) is 5.69 Å². The van der Waals surface area contributed by atoms with Crippen molar-refractivity contribution in [3.05, 3.63) is 65.5 Å². The average Bonchev–Trinajstić information content (AvgIpc) is 2.55. The molecule has 1 amide bonds. The molecule has 0 unspecified atom stereocenters. The van der Waals surface area contributed by atoms with Gasteiger partial charge in [-0.1, -0.05) is 31.2 Å². The van der Waals surface area contributed by atoms with Crippen LogP contribution in [0.5, 0.6) is 0 Å². The number of ether oxygens (including phenoxy) is 1. The minimum absolute atomic E-state index is 0.0828. The van der Waals surface area contributed by atoms with E-state index in [1.807, 2.05) is 19.1 Å². The van der Waals surface area contributed by atoms with Gasteiger partial charge in [-0.15, -0.1) is 0 Å². The van der Waals surface area contributed by atoms with Crippen molar-refractivity contribution >= 4 is 17.6 Å². The van der Waals surface area contributed by atoms with Gasteiger partial charge >= 0.3 is 5.97 Å². The normalized spacial score (nSPS) is 11.6. The Morgan fingerprint density at radius 1 is 1.12 bits per heavy atom. The van der Waals surface area contributed by atoms with Crippen molar-refractivity contribution < 1.29 is 18.7 Å². The number of hydrogen-bond donors (Lipinski definition) is 1. The van der Waals surface area contributed by atoms with Crippen LogP contribution in [0.1, 0.15) is 25.0 Å². The first kappa shape index (κ1) is 17.7. The summed E-state index contributed by atoms with van der Waals surface area (Å²) in [6, 6.07) is 13.2. The molecule has 126 valence electrons. The number of halogens is 1. The highest BCUT2D eigenvalue weighted by Gasteiger charge is 2.18. The maximum atomic E-state index is 13.1. The molecule has 2 aromatic carbocycles. The Morgan fingerprint density at radius 2 is 1.83 bits per heavy atom. The van der Waals surface area contributed by atoms with Crippen LogP contribution in [0, 0.1) is 5.82 Å². The molecule has 0 radical (unpaired) electrons. The summed E-state index contributed by atoms with van der Waals surface area (Å²) in [5.74, 6) is -1.40.